The highest BCUT2D eigenvalue weighted by Crippen LogP contribution is 2.48. The lowest BCUT2D eigenvalue weighted by Gasteiger charge is -2.43. The van der Waals surface area contributed by atoms with E-state index in [9.17, 15) is 0 Å². The summed E-state index contributed by atoms with van der Waals surface area (Å²) in [5, 5.41) is 2.63. The largest absolute Gasteiger partial charge is 0.260 e. The number of allylic oxidation sites excluding steroid dienone is 4. The van der Waals surface area contributed by atoms with Crippen LogP contribution in [0.4, 0.5) is 0 Å². The number of rotatable bonds is 3. The van der Waals surface area contributed by atoms with Crippen molar-refractivity contribution in [1.29, 1.82) is 0 Å². The van der Waals surface area contributed by atoms with E-state index < -0.39 is 0 Å². The fourth-order valence-electron chi connectivity index (χ4n) is 5.01. The van der Waals surface area contributed by atoms with Gasteiger partial charge in [0, 0.05) is 17.0 Å². The Kier molecular flexibility index (Phi) is 4.26. The molecule has 0 bridgehead atoms. The van der Waals surface area contributed by atoms with E-state index in [1.54, 1.807) is 0 Å². The number of hydrogen-bond acceptors (Lipinski definition) is 1. The molecule has 0 aliphatic heterocycles. The zero-order valence-electron chi connectivity index (χ0n) is 14.6. The molecule has 1 saturated carbocycles. The lowest BCUT2D eigenvalue weighted by Crippen LogP contribution is -2.39. The van der Waals surface area contributed by atoms with Gasteiger partial charge in [-0.2, -0.15) is 0 Å². The highest BCUT2D eigenvalue weighted by atomic mass is 14.7. The average Bonchev–Trinajstić information content (AvgIpc) is 2.68. The maximum atomic E-state index is 4.93. The van der Waals surface area contributed by atoms with Crippen molar-refractivity contribution in [3.05, 3.63) is 66.5 Å². The van der Waals surface area contributed by atoms with E-state index in [1.807, 2.05) is 6.20 Å². The summed E-state index contributed by atoms with van der Waals surface area (Å²) in [5.74, 6) is 1.37. The SMILES string of the molecule is CC[C@]1(c2nccc3ccccc23)C=CC=CC1C1CCCCC1. The quantitative estimate of drug-likeness (QED) is 0.656. The lowest BCUT2D eigenvalue weighted by atomic mass is 9.60. The molecule has 1 fully saturated rings. The Hall–Kier alpha value is -1.89. The predicted octanol–water partition coefficient (Wildman–Crippen LogP) is 6.21. The summed E-state index contributed by atoms with van der Waals surface area (Å²) in [6.45, 7) is 2.34. The van der Waals surface area contributed by atoms with Crippen molar-refractivity contribution in [1.82, 2.24) is 4.98 Å². The van der Waals surface area contributed by atoms with Gasteiger partial charge in [-0.1, -0.05) is 74.8 Å². The van der Waals surface area contributed by atoms with Gasteiger partial charge in [-0.3, -0.25) is 4.98 Å². The van der Waals surface area contributed by atoms with Crippen LogP contribution in [0.3, 0.4) is 0 Å². The normalized spacial score (nSPS) is 27.6. The maximum absolute atomic E-state index is 4.93. The van der Waals surface area contributed by atoms with E-state index >= 15 is 0 Å². The Labute approximate surface area is 145 Å². The molecule has 1 heterocycles. The van der Waals surface area contributed by atoms with Crippen molar-refractivity contribution in [3.63, 3.8) is 0 Å². The van der Waals surface area contributed by atoms with Crippen LogP contribution >= 0.6 is 0 Å². The van der Waals surface area contributed by atoms with Crippen LogP contribution in [0.25, 0.3) is 10.8 Å². The second-order valence-electron chi connectivity index (χ2n) is 7.44. The molecule has 0 N–H and O–H groups in total. The van der Waals surface area contributed by atoms with E-state index in [4.69, 9.17) is 4.98 Å². The Morgan fingerprint density at radius 2 is 1.88 bits per heavy atom. The van der Waals surface area contributed by atoms with Gasteiger partial charge in [0.1, 0.15) is 0 Å². The molecule has 24 heavy (non-hydrogen) atoms. The number of pyridine rings is 1. The predicted molar refractivity (Wildman–Crippen MR) is 102 cm³/mol. The number of benzene rings is 1. The van der Waals surface area contributed by atoms with Gasteiger partial charge in [0.2, 0.25) is 0 Å². The molecule has 1 unspecified atom stereocenters. The first kappa shape index (κ1) is 15.6. The molecule has 0 radical (unpaired) electrons. The number of fused-ring (bicyclic) bond motifs is 1. The van der Waals surface area contributed by atoms with Gasteiger partial charge in [0.25, 0.3) is 0 Å². The van der Waals surface area contributed by atoms with Crippen LogP contribution in [-0.2, 0) is 5.41 Å². The van der Waals surface area contributed by atoms with Crippen molar-refractivity contribution in [2.75, 3.05) is 0 Å². The number of nitrogens with zero attached hydrogens (tertiary/aromatic N) is 1. The molecule has 0 saturated heterocycles. The minimum atomic E-state index is 0.0393. The molecule has 2 aliphatic rings. The molecule has 4 rings (SSSR count). The Bertz CT molecular complexity index is 761. The van der Waals surface area contributed by atoms with Crippen LogP contribution in [0.5, 0.6) is 0 Å². The second kappa shape index (κ2) is 6.55. The van der Waals surface area contributed by atoms with Crippen LogP contribution < -0.4 is 0 Å². The summed E-state index contributed by atoms with van der Waals surface area (Å²) in [7, 11) is 0. The van der Waals surface area contributed by atoms with Gasteiger partial charge in [-0.25, -0.2) is 0 Å². The lowest BCUT2D eigenvalue weighted by molar-refractivity contribution is 0.208. The molecule has 2 aliphatic carbocycles. The van der Waals surface area contributed by atoms with Gasteiger partial charge in [-0.05, 0) is 42.6 Å². The number of hydrogen-bond donors (Lipinski definition) is 0. The summed E-state index contributed by atoms with van der Waals surface area (Å²) in [4.78, 5) is 4.93. The third-order valence-electron chi connectivity index (χ3n) is 6.28. The van der Waals surface area contributed by atoms with Gasteiger partial charge in [0.05, 0.1) is 5.69 Å². The summed E-state index contributed by atoms with van der Waals surface area (Å²) in [6.07, 6.45) is 19.5. The van der Waals surface area contributed by atoms with Crippen LogP contribution in [0.15, 0.2) is 60.8 Å². The van der Waals surface area contributed by atoms with Gasteiger partial charge in [-0.15, -0.1) is 0 Å². The summed E-state index contributed by atoms with van der Waals surface area (Å²) < 4.78 is 0. The zero-order valence-corrected chi connectivity index (χ0v) is 14.6. The molecule has 124 valence electrons. The van der Waals surface area contributed by atoms with E-state index in [1.165, 1.54) is 48.6 Å². The second-order valence-corrected chi connectivity index (χ2v) is 7.44. The zero-order chi connectivity index (χ0) is 16.4. The van der Waals surface area contributed by atoms with E-state index in [-0.39, 0.29) is 5.41 Å². The molecule has 2 aromatic rings. The average molecular weight is 317 g/mol. The van der Waals surface area contributed by atoms with Crippen molar-refractivity contribution in [2.45, 2.75) is 50.9 Å². The monoisotopic (exact) mass is 317 g/mol. The standard InChI is InChI=1S/C23H27N/c1-2-23(22-20-13-7-6-10-18(20)15-17-24-22)16-9-8-14-21(23)19-11-4-3-5-12-19/h6-10,13-17,19,21H,2-5,11-12H2,1H3/t21?,23-/m0/s1. The molecule has 0 spiro atoms. The maximum Gasteiger partial charge on any atom is 0.0587 e. The van der Waals surface area contributed by atoms with Crippen molar-refractivity contribution in [2.24, 2.45) is 11.8 Å². The van der Waals surface area contributed by atoms with Gasteiger partial charge in [0.15, 0.2) is 0 Å². The van der Waals surface area contributed by atoms with Crippen LogP contribution in [-0.4, -0.2) is 4.98 Å². The highest BCUT2D eigenvalue weighted by molar-refractivity contribution is 5.85. The molecule has 1 aromatic heterocycles. The minimum absolute atomic E-state index is 0.0393. The molecular formula is C23H27N. The fraction of sp³-hybridized carbons (Fsp3) is 0.435. The van der Waals surface area contributed by atoms with E-state index in [2.05, 4.69) is 61.6 Å². The summed E-state index contributed by atoms with van der Waals surface area (Å²) in [6, 6.07) is 10.9. The Balaban J connectivity index is 1.86. The third-order valence-corrected chi connectivity index (χ3v) is 6.28. The van der Waals surface area contributed by atoms with E-state index in [0.717, 1.165) is 12.3 Å². The van der Waals surface area contributed by atoms with E-state index in [0.29, 0.717) is 5.92 Å². The summed E-state index contributed by atoms with van der Waals surface area (Å²) in [5.41, 5.74) is 1.32. The first-order chi connectivity index (χ1) is 11.8. The van der Waals surface area contributed by atoms with Crippen LogP contribution in [0.1, 0.15) is 51.1 Å². The van der Waals surface area contributed by atoms with Crippen LogP contribution in [0, 0.1) is 11.8 Å². The molecule has 1 nitrogen and oxygen atoms in total. The van der Waals surface area contributed by atoms with Crippen LogP contribution in [0.2, 0.25) is 0 Å². The minimum Gasteiger partial charge on any atom is -0.260 e. The Morgan fingerprint density at radius 1 is 1.04 bits per heavy atom. The molecule has 0 amide bonds. The van der Waals surface area contributed by atoms with Crippen molar-refractivity contribution >= 4 is 10.8 Å². The van der Waals surface area contributed by atoms with Gasteiger partial charge < -0.3 is 0 Å². The first-order valence-corrected chi connectivity index (χ1v) is 9.55. The van der Waals surface area contributed by atoms with Crippen molar-refractivity contribution in [3.8, 4) is 0 Å². The topological polar surface area (TPSA) is 12.9 Å². The molecular weight excluding hydrogens is 290 g/mol. The first-order valence-electron chi connectivity index (χ1n) is 9.55. The molecule has 1 aromatic carbocycles. The Morgan fingerprint density at radius 3 is 2.71 bits per heavy atom. The molecule has 1 heteroatoms. The van der Waals surface area contributed by atoms with Crippen molar-refractivity contribution < 1.29 is 0 Å². The fourth-order valence-corrected chi connectivity index (χ4v) is 5.01. The molecule has 2 atom stereocenters. The third kappa shape index (κ3) is 2.51. The summed E-state index contributed by atoms with van der Waals surface area (Å²) >= 11 is 0. The smallest absolute Gasteiger partial charge is 0.0587 e. The highest BCUT2D eigenvalue weighted by Gasteiger charge is 2.42. The number of aromatic nitrogens is 1. The van der Waals surface area contributed by atoms with Gasteiger partial charge >= 0.3 is 0 Å².